The summed E-state index contributed by atoms with van der Waals surface area (Å²) in [4.78, 5) is 9.72. The fraction of sp³-hybridized carbons (Fsp3) is 0.789. The number of nitrogens with one attached hydrogen (secondary N) is 1. The van der Waals surface area contributed by atoms with Crippen molar-refractivity contribution in [1.29, 1.82) is 0 Å². The van der Waals surface area contributed by atoms with Gasteiger partial charge in [0.2, 0.25) is 0 Å². The minimum atomic E-state index is 0. The first kappa shape index (κ1) is 23.4. The van der Waals surface area contributed by atoms with Crippen LogP contribution in [-0.4, -0.2) is 91.2 Å². The number of rotatable bonds is 6. The Labute approximate surface area is 185 Å². The van der Waals surface area contributed by atoms with Gasteiger partial charge in [-0.3, -0.25) is 14.6 Å². The molecule has 160 valence electrons. The number of halogens is 1. The molecule has 0 spiro atoms. The summed E-state index contributed by atoms with van der Waals surface area (Å²) in [6, 6.07) is 0. The van der Waals surface area contributed by atoms with Crippen LogP contribution in [0.1, 0.15) is 25.5 Å². The molecule has 2 saturated heterocycles. The van der Waals surface area contributed by atoms with Gasteiger partial charge in [-0.25, -0.2) is 0 Å². The van der Waals surface area contributed by atoms with Crippen molar-refractivity contribution in [2.75, 3.05) is 65.6 Å². The molecule has 2 aliphatic heterocycles. The van der Waals surface area contributed by atoms with Crippen LogP contribution < -0.4 is 5.32 Å². The molecule has 3 rings (SSSR count). The third-order valence-corrected chi connectivity index (χ3v) is 5.02. The van der Waals surface area contributed by atoms with E-state index in [1.807, 2.05) is 24.1 Å². The van der Waals surface area contributed by atoms with Crippen molar-refractivity contribution in [3.63, 3.8) is 0 Å². The van der Waals surface area contributed by atoms with Crippen molar-refractivity contribution < 1.29 is 9.47 Å². The van der Waals surface area contributed by atoms with E-state index in [4.69, 9.17) is 14.5 Å². The molecule has 28 heavy (non-hydrogen) atoms. The lowest BCUT2D eigenvalue weighted by Gasteiger charge is -2.35. The zero-order chi connectivity index (χ0) is 19.1. The topological polar surface area (TPSA) is 67.2 Å². The average molecular weight is 506 g/mol. The first-order chi connectivity index (χ1) is 13.2. The van der Waals surface area contributed by atoms with E-state index in [9.17, 15) is 0 Å². The van der Waals surface area contributed by atoms with E-state index in [0.29, 0.717) is 12.5 Å². The number of hydrogen-bond acceptors (Lipinski definition) is 5. The van der Waals surface area contributed by atoms with Crippen molar-refractivity contribution >= 4 is 29.9 Å². The van der Waals surface area contributed by atoms with Crippen molar-refractivity contribution in [2.24, 2.45) is 18.0 Å². The molecule has 1 aromatic heterocycles. The van der Waals surface area contributed by atoms with Crippen LogP contribution in [0.2, 0.25) is 0 Å². The Kier molecular flexibility index (Phi) is 9.96. The average Bonchev–Trinajstić information content (AvgIpc) is 3.12. The van der Waals surface area contributed by atoms with E-state index in [0.717, 1.165) is 70.6 Å². The van der Waals surface area contributed by atoms with Crippen LogP contribution in [0.5, 0.6) is 0 Å². The standard InChI is InChI=1S/C19H34N6O2.HI/c1-4-20-19(21-11-16(2)13-24-5-8-26-9-6-24)25-7-10-27-18(15-25)17-12-22-23(3)14-17;/h12,14,16,18H,4-11,13,15H2,1-3H3,(H,20,21);1H. The van der Waals surface area contributed by atoms with Gasteiger partial charge < -0.3 is 19.7 Å². The van der Waals surface area contributed by atoms with E-state index in [-0.39, 0.29) is 30.1 Å². The molecular formula is C19H35IN6O2. The molecule has 1 aromatic rings. The van der Waals surface area contributed by atoms with E-state index >= 15 is 0 Å². The number of aromatic nitrogens is 2. The van der Waals surface area contributed by atoms with Crippen molar-refractivity contribution in [3.05, 3.63) is 18.0 Å². The van der Waals surface area contributed by atoms with Gasteiger partial charge in [0.15, 0.2) is 5.96 Å². The second-order valence-corrected chi connectivity index (χ2v) is 7.47. The normalized spacial score (nSPS) is 22.6. The summed E-state index contributed by atoms with van der Waals surface area (Å²) < 4.78 is 13.2. The molecule has 0 bridgehead atoms. The third-order valence-electron chi connectivity index (χ3n) is 5.02. The Morgan fingerprint density at radius 2 is 2.11 bits per heavy atom. The lowest BCUT2D eigenvalue weighted by molar-refractivity contribution is -0.00808. The molecule has 0 aliphatic carbocycles. The second kappa shape index (κ2) is 11.9. The molecule has 2 atom stereocenters. The van der Waals surface area contributed by atoms with Crippen molar-refractivity contribution in [3.8, 4) is 0 Å². The maximum absolute atomic E-state index is 5.97. The molecule has 0 radical (unpaired) electrons. The lowest BCUT2D eigenvalue weighted by Crippen LogP contribution is -2.48. The molecule has 0 aromatic carbocycles. The molecule has 3 heterocycles. The van der Waals surface area contributed by atoms with Gasteiger partial charge in [0, 0.05) is 58.1 Å². The Hall–Kier alpha value is -0.910. The van der Waals surface area contributed by atoms with Gasteiger partial charge in [0.25, 0.3) is 0 Å². The maximum atomic E-state index is 5.97. The lowest BCUT2D eigenvalue weighted by atomic mass is 10.1. The van der Waals surface area contributed by atoms with Crippen LogP contribution >= 0.6 is 24.0 Å². The highest BCUT2D eigenvalue weighted by molar-refractivity contribution is 14.0. The van der Waals surface area contributed by atoms with Crippen LogP contribution in [0.25, 0.3) is 0 Å². The predicted octanol–water partition coefficient (Wildman–Crippen LogP) is 1.35. The van der Waals surface area contributed by atoms with Gasteiger partial charge >= 0.3 is 0 Å². The van der Waals surface area contributed by atoms with Crippen molar-refractivity contribution in [1.82, 2.24) is 24.9 Å². The molecule has 0 saturated carbocycles. The Balaban J connectivity index is 0.00000280. The summed E-state index contributed by atoms with van der Waals surface area (Å²) in [6.45, 7) is 13.3. The minimum Gasteiger partial charge on any atom is -0.379 e. The van der Waals surface area contributed by atoms with Gasteiger partial charge in [0.05, 0.1) is 32.6 Å². The Morgan fingerprint density at radius 1 is 1.32 bits per heavy atom. The number of guanidine groups is 1. The highest BCUT2D eigenvalue weighted by Gasteiger charge is 2.25. The molecule has 1 N–H and O–H groups in total. The second-order valence-electron chi connectivity index (χ2n) is 7.47. The number of nitrogens with zero attached hydrogens (tertiary/aromatic N) is 5. The van der Waals surface area contributed by atoms with E-state index in [2.05, 4.69) is 34.1 Å². The van der Waals surface area contributed by atoms with Crippen LogP contribution in [0.15, 0.2) is 17.4 Å². The largest absolute Gasteiger partial charge is 0.379 e. The fourth-order valence-corrected chi connectivity index (χ4v) is 3.60. The third kappa shape index (κ3) is 6.85. The maximum Gasteiger partial charge on any atom is 0.194 e. The number of ether oxygens (including phenoxy) is 2. The van der Waals surface area contributed by atoms with Gasteiger partial charge in [-0.2, -0.15) is 5.10 Å². The van der Waals surface area contributed by atoms with Gasteiger partial charge in [-0.1, -0.05) is 6.92 Å². The smallest absolute Gasteiger partial charge is 0.194 e. The van der Waals surface area contributed by atoms with E-state index in [1.54, 1.807) is 0 Å². The number of morpholine rings is 2. The Morgan fingerprint density at radius 3 is 2.79 bits per heavy atom. The summed E-state index contributed by atoms with van der Waals surface area (Å²) in [5, 5.41) is 7.73. The highest BCUT2D eigenvalue weighted by Crippen LogP contribution is 2.21. The molecule has 0 amide bonds. The quantitative estimate of drug-likeness (QED) is 0.357. The monoisotopic (exact) mass is 506 g/mol. The first-order valence-corrected chi connectivity index (χ1v) is 10.1. The van der Waals surface area contributed by atoms with Crippen molar-refractivity contribution in [2.45, 2.75) is 20.0 Å². The van der Waals surface area contributed by atoms with Crippen LogP contribution in [-0.2, 0) is 16.5 Å². The minimum absolute atomic E-state index is 0. The number of aliphatic imine (C=N–C) groups is 1. The van der Waals surface area contributed by atoms with Crippen LogP contribution in [0.4, 0.5) is 0 Å². The van der Waals surface area contributed by atoms with Gasteiger partial charge in [-0.05, 0) is 12.8 Å². The summed E-state index contributed by atoms with van der Waals surface area (Å²) in [7, 11) is 1.94. The first-order valence-electron chi connectivity index (χ1n) is 10.1. The van der Waals surface area contributed by atoms with Crippen LogP contribution in [0, 0.1) is 5.92 Å². The molecule has 2 fully saturated rings. The number of hydrogen-bond donors (Lipinski definition) is 1. The molecule has 2 unspecified atom stereocenters. The molecule has 2 aliphatic rings. The molecular weight excluding hydrogens is 471 g/mol. The predicted molar refractivity (Wildman–Crippen MR) is 121 cm³/mol. The fourth-order valence-electron chi connectivity index (χ4n) is 3.60. The summed E-state index contributed by atoms with van der Waals surface area (Å²) >= 11 is 0. The van der Waals surface area contributed by atoms with Gasteiger partial charge in [-0.15, -0.1) is 24.0 Å². The summed E-state index contributed by atoms with van der Waals surface area (Å²) in [5.41, 5.74) is 1.12. The Bertz CT molecular complexity index is 605. The molecule has 8 nitrogen and oxygen atoms in total. The summed E-state index contributed by atoms with van der Waals surface area (Å²) in [6.07, 6.45) is 3.97. The SMILES string of the molecule is CCNC(=NCC(C)CN1CCOCC1)N1CCOC(c2cnn(C)c2)C1.I. The van der Waals surface area contributed by atoms with E-state index in [1.165, 1.54) is 0 Å². The number of aryl methyl sites for hydroxylation is 1. The summed E-state index contributed by atoms with van der Waals surface area (Å²) in [5.74, 6) is 1.51. The van der Waals surface area contributed by atoms with E-state index < -0.39 is 0 Å². The zero-order valence-electron chi connectivity index (χ0n) is 17.3. The van der Waals surface area contributed by atoms with Gasteiger partial charge in [0.1, 0.15) is 6.10 Å². The highest BCUT2D eigenvalue weighted by atomic mass is 127. The zero-order valence-corrected chi connectivity index (χ0v) is 19.7. The van der Waals surface area contributed by atoms with Crippen LogP contribution in [0.3, 0.4) is 0 Å². The molecule has 9 heteroatoms.